The molecule has 0 saturated carbocycles. The predicted octanol–water partition coefficient (Wildman–Crippen LogP) is 1.62. The molecule has 1 atom stereocenters. The van der Waals surface area contributed by atoms with Crippen LogP contribution in [0.25, 0.3) is 0 Å². The maximum absolute atomic E-state index is 12.5. The molecule has 110 valence electrons. The topological polar surface area (TPSA) is 78.5 Å². The van der Waals surface area contributed by atoms with Crippen molar-refractivity contribution in [3.63, 3.8) is 0 Å². The molecule has 0 aliphatic carbocycles. The lowest BCUT2D eigenvalue weighted by atomic mass is 9.99. The lowest BCUT2D eigenvalue weighted by Crippen LogP contribution is -2.32. The number of fused-ring (bicyclic) bond motifs is 1. The second kappa shape index (κ2) is 5.21. The Hall–Kier alpha value is -2.34. The Morgan fingerprint density at radius 2 is 2.29 bits per heavy atom. The molecule has 2 aromatic rings. The van der Waals surface area contributed by atoms with Crippen molar-refractivity contribution in [2.75, 3.05) is 20.3 Å². The third kappa shape index (κ3) is 2.17. The zero-order valence-electron chi connectivity index (χ0n) is 12.0. The average molecular weight is 287 g/mol. The molecule has 0 saturated heterocycles. The fourth-order valence-corrected chi connectivity index (χ4v) is 2.81. The number of hydrogen-bond acceptors (Lipinski definition) is 4. The van der Waals surface area contributed by atoms with Crippen LogP contribution in [0.4, 0.5) is 0 Å². The van der Waals surface area contributed by atoms with Crippen LogP contribution in [0.15, 0.2) is 24.3 Å². The highest BCUT2D eigenvalue weighted by Crippen LogP contribution is 2.39. The molecule has 1 aliphatic heterocycles. The van der Waals surface area contributed by atoms with E-state index < -0.39 is 0 Å². The van der Waals surface area contributed by atoms with Crippen LogP contribution in [0.1, 0.15) is 33.4 Å². The van der Waals surface area contributed by atoms with Crippen molar-refractivity contribution < 1.29 is 14.6 Å². The highest BCUT2D eigenvalue weighted by molar-refractivity contribution is 5.98. The fraction of sp³-hybridized carbons (Fsp3) is 0.333. The van der Waals surface area contributed by atoms with Gasteiger partial charge >= 0.3 is 0 Å². The van der Waals surface area contributed by atoms with Gasteiger partial charge in [-0.2, -0.15) is 5.10 Å². The van der Waals surface area contributed by atoms with E-state index in [1.807, 2.05) is 13.0 Å². The fourth-order valence-electron chi connectivity index (χ4n) is 2.81. The standard InChI is InChI=1S/C15H17N3O3/c1-9-12-13(17-16-9)15(20)18(6-7-21-2)14(12)10-4-3-5-11(19)8-10/h3-5,8,14,19H,6-7H2,1-2H3,(H,16,17)/t14-/m1/s1. The summed E-state index contributed by atoms with van der Waals surface area (Å²) in [6.07, 6.45) is 0. The second-order valence-electron chi connectivity index (χ2n) is 5.10. The molecule has 0 unspecified atom stereocenters. The Balaban J connectivity index is 2.08. The summed E-state index contributed by atoms with van der Waals surface area (Å²) in [6.45, 7) is 2.83. The van der Waals surface area contributed by atoms with E-state index >= 15 is 0 Å². The number of hydrogen-bond donors (Lipinski definition) is 2. The number of phenols is 1. The minimum Gasteiger partial charge on any atom is -0.508 e. The number of phenolic OH excluding ortho intramolecular Hbond substituents is 1. The minimum atomic E-state index is -0.242. The Morgan fingerprint density at radius 1 is 1.48 bits per heavy atom. The monoisotopic (exact) mass is 287 g/mol. The number of methoxy groups -OCH3 is 1. The van der Waals surface area contributed by atoms with Crippen LogP contribution < -0.4 is 0 Å². The van der Waals surface area contributed by atoms with E-state index in [-0.39, 0.29) is 17.7 Å². The van der Waals surface area contributed by atoms with Gasteiger partial charge in [0.15, 0.2) is 5.69 Å². The maximum Gasteiger partial charge on any atom is 0.275 e. The molecule has 6 nitrogen and oxygen atoms in total. The first kappa shape index (κ1) is 13.6. The number of benzene rings is 1. The molecule has 1 aliphatic rings. The van der Waals surface area contributed by atoms with Gasteiger partial charge in [0.25, 0.3) is 5.91 Å². The second-order valence-corrected chi connectivity index (χ2v) is 5.10. The molecule has 0 radical (unpaired) electrons. The van der Waals surface area contributed by atoms with Crippen molar-refractivity contribution >= 4 is 5.91 Å². The number of aromatic hydroxyl groups is 1. The van der Waals surface area contributed by atoms with Crippen molar-refractivity contribution in [3.8, 4) is 5.75 Å². The van der Waals surface area contributed by atoms with Crippen molar-refractivity contribution in [2.45, 2.75) is 13.0 Å². The Kier molecular flexibility index (Phi) is 3.39. The van der Waals surface area contributed by atoms with Crippen LogP contribution in [0.5, 0.6) is 5.75 Å². The van der Waals surface area contributed by atoms with Gasteiger partial charge in [-0.3, -0.25) is 9.89 Å². The molecule has 21 heavy (non-hydrogen) atoms. The molecule has 0 spiro atoms. The van der Waals surface area contributed by atoms with Crippen LogP contribution in [-0.2, 0) is 4.74 Å². The van der Waals surface area contributed by atoms with E-state index in [1.54, 1.807) is 30.2 Å². The van der Waals surface area contributed by atoms with Crippen molar-refractivity contribution in [1.82, 2.24) is 15.1 Å². The van der Waals surface area contributed by atoms with E-state index in [2.05, 4.69) is 10.2 Å². The van der Waals surface area contributed by atoms with Gasteiger partial charge in [-0.1, -0.05) is 12.1 Å². The van der Waals surface area contributed by atoms with Gasteiger partial charge in [-0.25, -0.2) is 0 Å². The lowest BCUT2D eigenvalue weighted by molar-refractivity contribution is 0.0676. The molecule has 0 bridgehead atoms. The van der Waals surface area contributed by atoms with Gasteiger partial charge in [-0.05, 0) is 24.6 Å². The number of H-pyrrole nitrogens is 1. The number of nitrogens with zero attached hydrogens (tertiary/aromatic N) is 2. The van der Waals surface area contributed by atoms with Crippen LogP contribution in [0.3, 0.4) is 0 Å². The molecule has 6 heteroatoms. The van der Waals surface area contributed by atoms with Crippen molar-refractivity contribution in [2.24, 2.45) is 0 Å². The lowest BCUT2D eigenvalue weighted by Gasteiger charge is -2.26. The van der Waals surface area contributed by atoms with Gasteiger partial charge in [0, 0.05) is 24.9 Å². The third-order valence-electron chi connectivity index (χ3n) is 3.77. The first-order chi connectivity index (χ1) is 10.1. The van der Waals surface area contributed by atoms with E-state index in [4.69, 9.17) is 4.74 Å². The number of aromatic nitrogens is 2. The molecule has 2 heterocycles. The first-order valence-corrected chi connectivity index (χ1v) is 6.77. The van der Waals surface area contributed by atoms with Crippen molar-refractivity contribution in [1.29, 1.82) is 0 Å². The van der Waals surface area contributed by atoms with Crippen LogP contribution >= 0.6 is 0 Å². The number of rotatable bonds is 4. The smallest absolute Gasteiger partial charge is 0.275 e. The molecule has 0 fully saturated rings. The number of carbonyl (C=O) groups is 1. The van der Waals surface area contributed by atoms with Gasteiger partial charge in [0.05, 0.1) is 12.6 Å². The average Bonchev–Trinajstić information content (AvgIpc) is 2.96. The predicted molar refractivity (Wildman–Crippen MR) is 76.2 cm³/mol. The van der Waals surface area contributed by atoms with E-state index in [1.165, 1.54) is 0 Å². The molecule has 1 aromatic carbocycles. The number of aryl methyl sites for hydroxylation is 1. The van der Waals surface area contributed by atoms with Crippen molar-refractivity contribution in [3.05, 3.63) is 46.8 Å². The van der Waals surface area contributed by atoms with Gasteiger partial charge in [0.2, 0.25) is 0 Å². The Labute approximate surface area is 122 Å². The SMILES string of the molecule is COCCN1C(=O)c2n[nH]c(C)c2[C@H]1c1cccc(O)c1. The zero-order chi connectivity index (χ0) is 15.0. The number of amides is 1. The summed E-state index contributed by atoms with van der Waals surface area (Å²) >= 11 is 0. The molecular weight excluding hydrogens is 270 g/mol. The highest BCUT2D eigenvalue weighted by atomic mass is 16.5. The summed E-state index contributed by atoms with van der Waals surface area (Å²) in [5.74, 6) is 0.0704. The highest BCUT2D eigenvalue weighted by Gasteiger charge is 2.41. The van der Waals surface area contributed by atoms with Crippen LogP contribution in [0.2, 0.25) is 0 Å². The van der Waals surface area contributed by atoms with Gasteiger partial charge in [0.1, 0.15) is 5.75 Å². The summed E-state index contributed by atoms with van der Waals surface area (Å²) in [6, 6.07) is 6.73. The summed E-state index contributed by atoms with van der Waals surface area (Å²) in [4.78, 5) is 14.2. The maximum atomic E-state index is 12.5. The summed E-state index contributed by atoms with van der Waals surface area (Å²) in [5, 5.41) is 16.7. The van der Waals surface area contributed by atoms with Gasteiger partial charge in [-0.15, -0.1) is 0 Å². The normalized spacial score (nSPS) is 17.3. The number of carbonyl (C=O) groups excluding carboxylic acids is 1. The molecule has 2 N–H and O–H groups in total. The summed E-state index contributed by atoms with van der Waals surface area (Å²) < 4.78 is 5.09. The van der Waals surface area contributed by atoms with E-state index in [0.29, 0.717) is 18.8 Å². The molecule has 1 amide bonds. The largest absolute Gasteiger partial charge is 0.508 e. The first-order valence-electron chi connectivity index (χ1n) is 6.77. The van der Waals surface area contributed by atoms with Crippen LogP contribution in [-0.4, -0.2) is 46.4 Å². The minimum absolute atomic E-state index is 0.111. The van der Waals surface area contributed by atoms with Crippen LogP contribution in [0, 0.1) is 6.92 Å². The zero-order valence-corrected chi connectivity index (χ0v) is 12.0. The molecular formula is C15H17N3O3. The quantitative estimate of drug-likeness (QED) is 0.895. The van der Waals surface area contributed by atoms with E-state index in [0.717, 1.165) is 16.8 Å². The number of nitrogens with one attached hydrogen (secondary N) is 1. The molecule has 1 aromatic heterocycles. The molecule has 3 rings (SSSR count). The van der Waals surface area contributed by atoms with E-state index in [9.17, 15) is 9.90 Å². The number of aromatic amines is 1. The van der Waals surface area contributed by atoms with Gasteiger partial charge < -0.3 is 14.7 Å². The number of ether oxygens (including phenoxy) is 1. The summed E-state index contributed by atoms with van der Waals surface area (Å²) in [5.41, 5.74) is 3.06. The third-order valence-corrected chi connectivity index (χ3v) is 3.77. The summed E-state index contributed by atoms with van der Waals surface area (Å²) in [7, 11) is 1.61. The Bertz CT molecular complexity index is 681. The Morgan fingerprint density at radius 3 is 3.00 bits per heavy atom.